The highest BCUT2D eigenvalue weighted by molar-refractivity contribution is 9.10. The molecule has 1 fully saturated rings. The molecule has 1 aromatic carbocycles. The molecular formula is C15H16BrF4NO3. The zero-order valence-corrected chi connectivity index (χ0v) is 14.2. The average molecular weight is 414 g/mol. The molecule has 4 nitrogen and oxygen atoms in total. The fraction of sp³-hybridized carbons (Fsp3) is 0.533. The number of rotatable bonds is 3. The minimum atomic E-state index is -5.14. The maximum atomic E-state index is 14.4. The molecule has 1 heterocycles. The van der Waals surface area contributed by atoms with E-state index in [1.165, 1.54) is 12.1 Å². The van der Waals surface area contributed by atoms with E-state index >= 15 is 0 Å². The maximum Gasteiger partial charge on any atom is 0.471 e. The summed E-state index contributed by atoms with van der Waals surface area (Å²) in [7, 11) is 0. The molecule has 3 atom stereocenters. The van der Waals surface area contributed by atoms with Gasteiger partial charge in [-0.25, -0.2) is 4.39 Å². The number of hydrogen-bond donors (Lipinski definition) is 2. The first-order chi connectivity index (χ1) is 11.1. The van der Waals surface area contributed by atoms with Crippen molar-refractivity contribution in [2.45, 2.75) is 31.2 Å². The van der Waals surface area contributed by atoms with Crippen LogP contribution in [0.15, 0.2) is 22.7 Å². The third-order valence-electron chi connectivity index (χ3n) is 4.13. The monoisotopic (exact) mass is 413 g/mol. The number of alkyl halides is 3. The van der Waals surface area contributed by atoms with Gasteiger partial charge in [0, 0.05) is 22.6 Å². The summed E-state index contributed by atoms with van der Waals surface area (Å²) in [5, 5.41) is 11.5. The molecule has 134 valence electrons. The standard InChI is InChI=1S/C15H16BrF4NO3/c1-8-4-9(6-22)14(7-24-8,21-13(23)15(18,19)20)11-5-10(16)2-3-12(11)17/h2-3,5,8-9,22H,4,6-7H2,1H3,(H,21,23)/t8-,9-,14-/m0/s1. The molecule has 9 heteroatoms. The topological polar surface area (TPSA) is 58.6 Å². The molecule has 2 N–H and O–H groups in total. The van der Waals surface area contributed by atoms with Crippen LogP contribution in [0.3, 0.4) is 0 Å². The van der Waals surface area contributed by atoms with E-state index in [4.69, 9.17) is 4.74 Å². The Morgan fingerprint density at radius 3 is 2.75 bits per heavy atom. The van der Waals surface area contributed by atoms with Gasteiger partial charge in [0.1, 0.15) is 5.82 Å². The SMILES string of the molecule is C[C@H]1C[C@@H](CO)[C@](NC(=O)C(F)(F)F)(c2cc(Br)ccc2F)CO1. The van der Waals surface area contributed by atoms with Crippen LogP contribution in [0.2, 0.25) is 0 Å². The van der Waals surface area contributed by atoms with Gasteiger partial charge in [0.15, 0.2) is 0 Å². The molecule has 2 rings (SSSR count). The number of carbonyl (C=O) groups is 1. The number of ether oxygens (including phenoxy) is 1. The van der Waals surface area contributed by atoms with Crippen molar-refractivity contribution in [2.24, 2.45) is 5.92 Å². The molecule has 0 spiro atoms. The number of hydrogen-bond acceptors (Lipinski definition) is 3. The Kier molecular flexibility index (Phi) is 5.56. The second kappa shape index (κ2) is 6.97. The molecular weight excluding hydrogens is 398 g/mol. The van der Waals surface area contributed by atoms with Crippen LogP contribution in [-0.4, -0.2) is 36.5 Å². The van der Waals surface area contributed by atoms with Crippen molar-refractivity contribution in [3.63, 3.8) is 0 Å². The fourth-order valence-electron chi connectivity index (χ4n) is 2.91. The predicted molar refractivity (Wildman–Crippen MR) is 80.6 cm³/mol. The highest BCUT2D eigenvalue weighted by Gasteiger charge is 2.51. The highest BCUT2D eigenvalue weighted by atomic mass is 79.9. The van der Waals surface area contributed by atoms with E-state index in [0.717, 1.165) is 6.07 Å². The summed E-state index contributed by atoms with van der Waals surface area (Å²) in [6.07, 6.45) is -5.31. The van der Waals surface area contributed by atoms with Crippen molar-refractivity contribution in [2.75, 3.05) is 13.2 Å². The van der Waals surface area contributed by atoms with Gasteiger partial charge in [-0.05, 0) is 31.5 Å². The highest BCUT2D eigenvalue weighted by Crippen LogP contribution is 2.40. The van der Waals surface area contributed by atoms with E-state index < -0.39 is 36.0 Å². The number of halogens is 5. The van der Waals surface area contributed by atoms with E-state index in [2.05, 4.69) is 15.9 Å². The number of benzene rings is 1. The van der Waals surface area contributed by atoms with Gasteiger partial charge in [0.05, 0.1) is 18.2 Å². The Balaban J connectivity index is 2.56. The Bertz CT molecular complexity index is 625. The van der Waals surface area contributed by atoms with Crippen LogP contribution in [-0.2, 0) is 15.1 Å². The molecule has 0 radical (unpaired) electrons. The summed E-state index contributed by atoms with van der Waals surface area (Å²) in [6, 6.07) is 3.75. The van der Waals surface area contributed by atoms with Crippen molar-refractivity contribution < 1.29 is 32.2 Å². The van der Waals surface area contributed by atoms with Gasteiger partial charge >= 0.3 is 12.1 Å². The molecule has 0 aromatic heterocycles. The zero-order chi connectivity index (χ0) is 18.1. The summed E-state index contributed by atoms with van der Waals surface area (Å²) in [5.74, 6) is -3.84. The summed E-state index contributed by atoms with van der Waals surface area (Å²) >= 11 is 3.14. The molecule has 1 amide bonds. The van der Waals surface area contributed by atoms with E-state index in [9.17, 15) is 27.5 Å². The molecule has 1 saturated heterocycles. The van der Waals surface area contributed by atoms with Gasteiger partial charge in [0.2, 0.25) is 0 Å². The number of aliphatic hydroxyl groups excluding tert-OH is 1. The maximum absolute atomic E-state index is 14.4. The summed E-state index contributed by atoms with van der Waals surface area (Å²) in [4.78, 5) is 11.5. The van der Waals surface area contributed by atoms with E-state index in [1.54, 1.807) is 6.92 Å². The van der Waals surface area contributed by atoms with Gasteiger partial charge in [-0.3, -0.25) is 4.79 Å². The Morgan fingerprint density at radius 2 is 2.17 bits per heavy atom. The van der Waals surface area contributed by atoms with Gasteiger partial charge in [-0.15, -0.1) is 0 Å². The molecule has 0 bridgehead atoms. The molecule has 1 aliphatic heterocycles. The van der Waals surface area contributed by atoms with E-state index in [-0.39, 0.29) is 24.7 Å². The van der Waals surface area contributed by atoms with Crippen LogP contribution in [0.25, 0.3) is 0 Å². The number of nitrogens with one attached hydrogen (secondary N) is 1. The first kappa shape index (κ1) is 19.1. The molecule has 1 aliphatic rings. The van der Waals surface area contributed by atoms with E-state index in [0.29, 0.717) is 4.47 Å². The lowest BCUT2D eigenvalue weighted by atomic mass is 9.74. The summed E-state index contributed by atoms with van der Waals surface area (Å²) < 4.78 is 58.5. The molecule has 0 aliphatic carbocycles. The van der Waals surface area contributed by atoms with Crippen molar-refractivity contribution in [1.29, 1.82) is 0 Å². The van der Waals surface area contributed by atoms with Gasteiger partial charge in [-0.2, -0.15) is 13.2 Å². The molecule has 0 unspecified atom stereocenters. The number of amides is 1. The van der Waals surface area contributed by atoms with Crippen molar-refractivity contribution >= 4 is 21.8 Å². The largest absolute Gasteiger partial charge is 0.471 e. The van der Waals surface area contributed by atoms with Crippen molar-refractivity contribution in [3.05, 3.63) is 34.1 Å². The lowest BCUT2D eigenvalue weighted by Crippen LogP contribution is -2.61. The Labute approximate surface area is 144 Å². The van der Waals surface area contributed by atoms with Crippen LogP contribution in [0.5, 0.6) is 0 Å². The second-order valence-corrected chi connectivity index (χ2v) is 6.70. The van der Waals surface area contributed by atoms with Crippen LogP contribution < -0.4 is 5.32 Å². The predicted octanol–water partition coefficient (Wildman–Crippen LogP) is 2.88. The Morgan fingerprint density at radius 1 is 1.50 bits per heavy atom. The minimum absolute atomic E-state index is 0.166. The third kappa shape index (κ3) is 3.73. The quantitative estimate of drug-likeness (QED) is 0.749. The molecule has 1 aromatic rings. The lowest BCUT2D eigenvalue weighted by molar-refractivity contribution is -0.181. The summed E-state index contributed by atoms with van der Waals surface area (Å²) in [5.41, 5.74) is -1.98. The van der Waals surface area contributed by atoms with Gasteiger partial charge in [-0.1, -0.05) is 15.9 Å². The summed E-state index contributed by atoms with van der Waals surface area (Å²) in [6.45, 7) is 0.780. The smallest absolute Gasteiger partial charge is 0.396 e. The second-order valence-electron chi connectivity index (χ2n) is 5.78. The van der Waals surface area contributed by atoms with Crippen LogP contribution in [0, 0.1) is 11.7 Å². The normalized spacial score (nSPS) is 27.8. The average Bonchev–Trinajstić information content (AvgIpc) is 2.50. The van der Waals surface area contributed by atoms with Crippen molar-refractivity contribution in [1.82, 2.24) is 5.32 Å². The Hall–Kier alpha value is -1.19. The third-order valence-corrected chi connectivity index (χ3v) is 4.63. The van der Waals surface area contributed by atoms with Gasteiger partial charge in [0.25, 0.3) is 0 Å². The fourth-order valence-corrected chi connectivity index (χ4v) is 3.27. The molecule has 24 heavy (non-hydrogen) atoms. The zero-order valence-electron chi connectivity index (χ0n) is 12.7. The lowest BCUT2D eigenvalue weighted by Gasteiger charge is -2.46. The first-order valence-electron chi connectivity index (χ1n) is 7.17. The number of carbonyl (C=O) groups excluding carboxylic acids is 1. The van der Waals surface area contributed by atoms with Crippen LogP contribution in [0.1, 0.15) is 18.9 Å². The van der Waals surface area contributed by atoms with Crippen molar-refractivity contribution in [3.8, 4) is 0 Å². The van der Waals surface area contributed by atoms with Gasteiger partial charge < -0.3 is 15.2 Å². The number of aliphatic hydroxyl groups is 1. The first-order valence-corrected chi connectivity index (χ1v) is 7.96. The minimum Gasteiger partial charge on any atom is -0.396 e. The molecule has 0 saturated carbocycles. The van der Waals surface area contributed by atoms with E-state index in [1.807, 2.05) is 5.32 Å². The van der Waals surface area contributed by atoms with Crippen LogP contribution >= 0.6 is 15.9 Å². The van der Waals surface area contributed by atoms with Crippen LogP contribution in [0.4, 0.5) is 17.6 Å².